The Kier molecular flexibility index (Phi) is 9.60. The minimum Gasteiger partial charge on any atom is -0.352 e. The Labute approximate surface area is 221 Å². The molecule has 1 aliphatic rings. The SMILES string of the molecule is CCC(C(=O)NC1CCCC1)N(Cc1ccc(Cl)cc1Cl)C(=O)CN(c1cccc(F)c1)S(C)(=O)=O. The van der Waals surface area contributed by atoms with E-state index in [0.717, 1.165) is 42.3 Å². The third-order valence-electron chi connectivity index (χ3n) is 6.22. The fraction of sp³-hybridized carbons (Fsp3) is 0.440. The lowest BCUT2D eigenvalue weighted by Gasteiger charge is -2.33. The van der Waals surface area contributed by atoms with E-state index in [-0.39, 0.29) is 24.2 Å². The van der Waals surface area contributed by atoms with E-state index in [9.17, 15) is 22.4 Å². The molecule has 0 heterocycles. The summed E-state index contributed by atoms with van der Waals surface area (Å²) in [5.74, 6) is -1.57. The number of hydrogen-bond acceptors (Lipinski definition) is 4. The largest absolute Gasteiger partial charge is 0.352 e. The van der Waals surface area contributed by atoms with E-state index < -0.39 is 34.3 Å². The molecular weight excluding hydrogens is 528 g/mol. The number of anilines is 1. The number of hydrogen-bond donors (Lipinski definition) is 1. The van der Waals surface area contributed by atoms with Gasteiger partial charge in [0.1, 0.15) is 18.4 Å². The van der Waals surface area contributed by atoms with Gasteiger partial charge in [-0.25, -0.2) is 12.8 Å². The van der Waals surface area contributed by atoms with E-state index in [1.54, 1.807) is 19.1 Å². The van der Waals surface area contributed by atoms with Gasteiger partial charge in [0.25, 0.3) is 0 Å². The van der Waals surface area contributed by atoms with E-state index in [4.69, 9.17) is 23.2 Å². The van der Waals surface area contributed by atoms with Gasteiger partial charge in [-0.2, -0.15) is 0 Å². The zero-order valence-electron chi connectivity index (χ0n) is 20.2. The van der Waals surface area contributed by atoms with Crippen molar-refractivity contribution in [1.29, 1.82) is 0 Å². The number of carbonyl (C=O) groups is 2. The second-order valence-electron chi connectivity index (χ2n) is 8.92. The molecule has 1 saturated carbocycles. The van der Waals surface area contributed by atoms with Crippen LogP contribution < -0.4 is 9.62 Å². The van der Waals surface area contributed by atoms with Crippen LogP contribution in [0.2, 0.25) is 10.0 Å². The van der Waals surface area contributed by atoms with Crippen molar-refractivity contribution in [3.8, 4) is 0 Å². The first-order chi connectivity index (χ1) is 17.0. The highest BCUT2D eigenvalue weighted by Gasteiger charge is 2.33. The molecule has 1 unspecified atom stereocenters. The van der Waals surface area contributed by atoms with E-state index in [0.29, 0.717) is 22.0 Å². The average molecular weight is 559 g/mol. The monoisotopic (exact) mass is 557 g/mol. The van der Waals surface area contributed by atoms with Gasteiger partial charge in [-0.05, 0) is 55.2 Å². The zero-order valence-corrected chi connectivity index (χ0v) is 22.5. The van der Waals surface area contributed by atoms with Gasteiger partial charge in [-0.1, -0.05) is 55.1 Å². The van der Waals surface area contributed by atoms with Crippen molar-refractivity contribution in [3.05, 3.63) is 63.9 Å². The second kappa shape index (κ2) is 12.3. The van der Waals surface area contributed by atoms with Gasteiger partial charge in [0.15, 0.2) is 0 Å². The van der Waals surface area contributed by atoms with Crippen molar-refractivity contribution >= 4 is 50.7 Å². The van der Waals surface area contributed by atoms with Gasteiger partial charge in [0, 0.05) is 22.6 Å². The van der Waals surface area contributed by atoms with Crippen LogP contribution in [0, 0.1) is 5.82 Å². The summed E-state index contributed by atoms with van der Waals surface area (Å²) in [6.45, 7) is 1.14. The van der Waals surface area contributed by atoms with Gasteiger partial charge in [0.2, 0.25) is 21.8 Å². The average Bonchev–Trinajstić information content (AvgIpc) is 3.30. The molecule has 2 aromatic rings. The molecule has 3 rings (SSSR count). The van der Waals surface area contributed by atoms with Crippen LogP contribution in [0.1, 0.15) is 44.6 Å². The maximum Gasteiger partial charge on any atom is 0.244 e. The van der Waals surface area contributed by atoms with Crippen LogP contribution in [0.15, 0.2) is 42.5 Å². The maximum absolute atomic E-state index is 13.9. The van der Waals surface area contributed by atoms with Crippen LogP contribution in [0.3, 0.4) is 0 Å². The lowest BCUT2D eigenvalue weighted by atomic mass is 10.1. The Balaban J connectivity index is 1.95. The van der Waals surface area contributed by atoms with Gasteiger partial charge in [-0.3, -0.25) is 13.9 Å². The summed E-state index contributed by atoms with van der Waals surface area (Å²) in [7, 11) is -3.95. The number of sulfonamides is 1. The topological polar surface area (TPSA) is 86.8 Å². The summed E-state index contributed by atoms with van der Waals surface area (Å²) in [5.41, 5.74) is 0.567. The molecule has 0 spiro atoms. The van der Waals surface area contributed by atoms with Crippen molar-refractivity contribution in [1.82, 2.24) is 10.2 Å². The van der Waals surface area contributed by atoms with Gasteiger partial charge in [-0.15, -0.1) is 0 Å². The lowest BCUT2D eigenvalue weighted by Crippen LogP contribution is -2.53. The number of rotatable bonds is 10. The highest BCUT2D eigenvalue weighted by molar-refractivity contribution is 7.92. The molecule has 1 fully saturated rings. The first kappa shape index (κ1) is 28.2. The Bertz CT molecular complexity index is 1210. The third kappa shape index (κ3) is 7.33. The van der Waals surface area contributed by atoms with Gasteiger partial charge < -0.3 is 10.2 Å². The molecule has 0 bridgehead atoms. The van der Waals surface area contributed by atoms with Crippen LogP contribution >= 0.6 is 23.2 Å². The van der Waals surface area contributed by atoms with E-state index >= 15 is 0 Å². The number of halogens is 3. The molecule has 1 N–H and O–H groups in total. The maximum atomic E-state index is 13.9. The first-order valence-electron chi connectivity index (χ1n) is 11.8. The molecule has 2 amide bonds. The highest BCUT2D eigenvalue weighted by Crippen LogP contribution is 2.25. The summed E-state index contributed by atoms with van der Waals surface area (Å²) < 4.78 is 39.8. The van der Waals surface area contributed by atoms with Crippen molar-refractivity contribution in [2.45, 2.75) is 57.7 Å². The zero-order chi connectivity index (χ0) is 26.5. The molecule has 0 radical (unpaired) electrons. The predicted molar refractivity (Wildman–Crippen MR) is 140 cm³/mol. The number of nitrogens with zero attached hydrogens (tertiary/aromatic N) is 2. The summed E-state index contributed by atoms with van der Waals surface area (Å²) in [6.07, 6.45) is 5.05. The lowest BCUT2D eigenvalue weighted by molar-refractivity contribution is -0.140. The quantitative estimate of drug-likeness (QED) is 0.456. The normalized spacial score (nSPS) is 14.9. The first-order valence-corrected chi connectivity index (χ1v) is 14.4. The molecule has 196 valence electrons. The minimum absolute atomic E-state index is 0.0128. The molecule has 0 aliphatic heterocycles. The highest BCUT2D eigenvalue weighted by atomic mass is 35.5. The molecule has 1 aliphatic carbocycles. The Morgan fingerprint density at radius 2 is 1.83 bits per heavy atom. The Morgan fingerprint density at radius 1 is 1.14 bits per heavy atom. The van der Waals surface area contributed by atoms with Crippen LogP contribution in [0.25, 0.3) is 0 Å². The summed E-state index contributed by atoms with van der Waals surface area (Å²) in [4.78, 5) is 28.3. The van der Waals surface area contributed by atoms with E-state index in [1.807, 2.05) is 0 Å². The molecule has 2 aromatic carbocycles. The molecule has 36 heavy (non-hydrogen) atoms. The van der Waals surface area contributed by atoms with Gasteiger partial charge in [0.05, 0.1) is 11.9 Å². The van der Waals surface area contributed by atoms with Crippen LogP contribution in [0.5, 0.6) is 0 Å². The van der Waals surface area contributed by atoms with Crippen LogP contribution in [-0.2, 0) is 26.2 Å². The number of amides is 2. The van der Waals surface area contributed by atoms with Gasteiger partial charge >= 0.3 is 0 Å². The molecule has 7 nitrogen and oxygen atoms in total. The van der Waals surface area contributed by atoms with E-state index in [1.165, 1.54) is 29.2 Å². The third-order valence-corrected chi connectivity index (χ3v) is 7.95. The van der Waals surface area contributed by atoms with Crippen LogP contribution in [0.4, 0.5) is 10.1 Å². The number of nitrogens with one attached hydrogen (secondary N) is 1. The fourth-order valence-corrected chi connectivity index (χ4v) is 5.68. The second-order valence-corrected chi connectivity index (χ2v) is 11.7. The smallest absolute Gasteiger partial charge is 0.244 e. The number of carbonyl (C=O) groups excluding carboxylic acids is 2. The minimum atomic E-state index is -3.95. The summed E-state index contributed by atoms with van der Waals surface area (Å²) in [6, 6.07) is 9.00. The Morgan fingerprint density at radius 3 is 2.42 bits per heavy atom. The fourth-order valence-electron chi connectivity index (χ4n) is 4.37. The predicted octanol–water partition coefficient (Wildman–Crippen LogP) is 4.76. The molecular formula is C25H30Cl2FN3O4S. The van der Waals surface area contributed by atoms with Crippen molar-refractivity contribution in [2.24, 2.45) is 0 Å². The van der Waals surface area contributed by atoms with Crippen molar-refractivity contribution in [2.75, 3.05) is 17.1 Å². The molecule has 1 atom stereocenters. The standard InChI is InChI=1S/C25H30Cl2FN3O4S/c1-3-23(25(33)29-20-8-4-5-9-20)30(15-17-11-12-18(26)13-22(17)27)24(32)16-31(36(2,34)35)21-10-6-7-19(28)14-21/h6-7,10-14,20,23H,3-5,8-9,15-16H2,1-2H3,(H,29,33). The van der Waals surface area contributed by atoms with Crippen molar-refractivity contribution < 1.29 is 22.4 Å². The molecule has 0 saturated heterocycles. The molecule has 11 heteroatoms. The van der Waals surface area contributed by atoms with Crippen LogP contribution in [-0.4, -0.2) is 50.0 Å². The van der Waals surface area contributed by atoms with E-state index in [2.05, 4.69) is 5.32 Å². The summed E-state index contributed by atoms with van der Waals surface area (Å²) in [5, 5.41) is 3.76. The molecule has 0 aromatic heterocycles. The van der Waals surface area contributed by atoms with Crippen molar-refractivity contribution in [3.63, 3.8) is 0 Å². The summed E-state index contributed by atoms with van der Waals surface area (Å²) >= 11 is 12.4. The Hall–Kier alpha value is -2.36. The number of benzene rings is 2.